The number of halogens is 4. The van der Waals surface area contributed by atoms with Crippen LogP contribution < -0.4 is 11.1 Å². The summed E-state index contributed by atoms with van der Waals surface area (Å²) >= 11 is 0. The molecule has 0 unspecified atom stereocenters. The molecule has 46 heavy (non-hydrogen) atoms. The molecule has 0 amide bonds. The van der Waals surface area contributed by atoms with Gasteiger partial charge in [-0.1, -0.05) is 12.0 Å². The second kappa shape index (κ2) is 15.3. The Balaban J connectivity index is 1.33. The Morgan fingerprint density at radius 2 is 1.96 bits per heavy atom. The summed E-state index contributed by atoms with van der Waals surface area (Å²) in [5.41, 5.74) is 4.99. The number of nitro groups is 1. The SMILES string of the molecule is CN1C[C@H](CCOCCOCCn2cc(C(=O)O)c([N+](=O)[O-])n2)[C@@H](Nc2cccc3c(CC(F)(F)F)c(C#CCN)nn23)[C@@H](F)C1. The number of ether oxygens (including phenoxy) is 2. The molecule has 1 aliphatic rings. The fourth-order valence-electron chi connectivity index (χ4n) is 5.31. The highest BCUT2D eigenvalue weighted by Gasteiger charge is 2.37. The second-order valence-corrected chi connectivity index (χ2v) is 10.7. The molecule has 0 saturated carbocycles. The molecule has 0 aliphatic carbocycles. The fourth-order valence-corrected chi connectivity index (χ4v) is 5.31. The van der Waals surface area contributed by atoms with Crippen LogP contribution in [-0.4, -0.2) is 112 Å². The number of rotatable bonds is 14. The zero-order valence-corrected chi connectivity index (χ0v) is 24.9. The van der Waals surface area contributed by atoms with Crippen LogP contribution in [0.2, 0.25) is 0 Å². The third-order valence-electron chi connectivity index (χ3n) is 7.31. The minimum Gasteiger partial charge on any atom is -0.477 e. The Morgan fingerprint density at radius 1 is 1.22 bits per heavy atom. The van der Waals surface area contributed by atoms with Crippen LogP contribution in [0.5, 0.6) is 0 Å². The highest BCUT2D eigenvalue weighted by molar-refractivity contribution is 5.91. The number of hydrogen-bond acceptors (Lipinski definition) is 10. The monoisotopic (exact) mass is 654 g/mol. The Hall–Kier alpha value is -4.31. The van der Waals surface area contributed by atoms with Crippen molar-refractivity contribution in [3.05, 3.63) is 51.3 Å². The summed E-state index contributed by atoms with van der Waals surface area (Å²) in [7, 11) is 1.80. The molecule has 3 aromatic rings. The Bertz CT molecular complexity index is 1550. The van der Waals surface area contributed by atoms with Crippen molar-refractivity contribution in [3.63, 3.8) is 0 Å². The number of alkyl halides is 4. The van der Waals surface area contributed by atoms with Gasteiger partial charge in [0.15, 0.2) is 5.56 Å². The highest BCUT2D eigenvalue weighted by atomic mass is 19.4. The lowest BCUT2D eigenvalue weighted by atomic mass is 9.88. The summed E-state index contributed by atoms with van der Waals surface area (Å²) in [6, 6.07) is 4.04. The van der Waals surface area contributed by atoms with Crippen LogP contribution in [-0.2, 0) is 22.4 Å². The lowest BCUT2D eigenvalue weighted by molar-refractivity contribution is -0.390. The maximum Gasteiger partial charge on any atom is 0.404 e. The number of nitrogens with two attached hydrogens (primary N) is 1. The van der Waals surface area contributed by atoms with Crippen molar-refractivity contribution in [1.29, 1.82) is 0 Å². The summed E-state index contributed by atoms with van der Waals surface area (Å²) < 4.78 is 69.2. The van der Waals surface area contributed by atoms with Gasteiger partial charge in [0.25, 0.3) is 0 Å². The summed E-state index contributed by atoms with van der Waals surface area (Å²) in [6.45, 7) is 1.53. The number of aromatic nitrogens is 4. The van der Waals surface area contributed by atoms with E-state index >= 15 is 4.39 Å². The van der Waals surface area contributed by atoms with E-state index in [9.17, 15) is 28.1 Å². The van der Waals surface area contributed by atoms with Crippen LogP contribution in [0.15, 0.2) is 24.4 Å². The number of fused-ring (bicyclic) bond motifs is 1. The first kappa shape index (κ1) is 34.6. The molecule has 1 fully saturated rings. The van der Waals surface area contributed by atoms with Gasteiger partial charge in [-0.25, -0.2) is 13.7 Å². The number of pyridine rings is 1. The lowest BCUT2D eigenvalue weighted by Gasteiger charge is -2.40. The molecular formula is C28H34F4N8O6. The van der Waals surface area contributed by atoms with Gasteiger partial charge in [0.05, 0.1) is 62.2 Å². The molecule has 18 heteroatoms. The third kappa shape index (κ3) is 8.90. The minimum atomic E-state index is -4.49. The molecule has 0 radical (unpaired) electrons. The molecule has 4 N–H and O–H groups in total. The standard InChI is InChI=1S/C28H34F4N8O6/c1-37-15-18(7-10-45-12-13-46-11-9-38-16-20(27(41)42)26(36-38)40(43)44)25(21(29)17-37)34-24-6-2-5-23-19(14-28(30,31)32)22(4-3-8-33)35-39(23)24/h2,5-6,16,18,21,25,34H,7-15,17,33H2,1H3,(H,41,42)/t18-,21-,25+/m0/s1. The normalized spacial score (nSPS) is 18.8. The molecular weight excluding hydrogens is 620 g/mol. The number of nitrogens with zero attached hydrogens (tertiary/aromatic N) is 6. The molecule has 4 rings (SSSR count). The quantitative estimate of drug-likeness (QED) is 0.0765. The van der Waals surface area contributed by atoms with E-state index in [0.717, 1.165) is 10.9 Å². The maximum absolute atomic E-state index is 15.4. The van der Waals surface area contributed by atoms with Crippen LogP contribution >= 0.6 is 0 Å². The zero-order valence-electron chi connectivity index (χ0n) is 24.9. The van der Waals surface area contributed by atoms with Crippen LogP contribution in [0.1, 0.15) is 28.0 Å². The predicted molar refractivity (Wildman–Crippen MR) is 156 cm³/mol. The summed E-state index contributed by atoms with van der Waals surface area (Å²) in [4.78, 5) is 23.1. The van der Waals surface area contributed by atoms with Crippen LogP contribution in [0.25, 0.3) is 5.52 Å². The number of likely N-dealkylation sites (tertiary alicyclic amines) is 1. The first-order valence-corrected chi connectivity index (χ1v) is 14.3. The van der Waals surface area contributed by atoms with Crippen molar-refractivity contribution < 1.29 is 41.9 Å². The number of carbonyl (C=O) groups is 1. The van der Waals surface area contributed by atoms with Crippen molar-refractivity contribution in [2.75, 3.05) is 58.4 Å². The first-order valence-electron chi connectivity index (χ1n) is 14.3. The van der Waals surface area contributed by atoms with Crippen molar-refractivity contribution >= 4 is 23.1 Å². The molecule has 3 aromatic heterocycles. The molecule has 0 aromatic carbocycles. The number of piperidine rings is 1. The van der Waals surface area contributed by atoms with Crippen molar-refractivity contribution in [3.8, 4) is 11.8 Å². The van der Waals surface area contributed by atoms with E-state index in [1.165, 1.54) is 10.6 Å². The Morgan fingerprint density at radius 3 is 2.61 bits per heavy atom. The van der Waals surface area contributed by atoms with E-state index in [1.54, 1.807) is 19.2 Å². The molecule has 4 heterocycles. The average Bonchev–Trinajstić information content (AvgIpc) is 3.56. The van der Waals surface area contributed by atoms with Crippen LogP contribution in [0.4, 0.5) is 29.2 Å². The summed E-state index contributed by atoms with van der Waals surface area (Å²) in [6.07, 6.45) is -5.47. The van der Waals surface area contributed by atoms with E-state index < -0.39 is 47.1 Å². The molecule has 0 bridgehead atoms. The van der Waals surface area contributed by atoms with Crippen molar-refractivity contribution in [2.24, 2.45) is 11.7 Å². The Kier molecular flexibility index (Phi) is 11.5. The van der Waals surface area contributed by atoms with Gasteiger partial charge < -0.3 is 40.6 Å². The van der Waals surface area contributed by atoms with Gasteiger partial charge in [-0.15, -0.1) is 0 Å². The van der Waals surface area contributed by atoms with Gasteiger partial charge >= 0.3 is 18.0 Å². The smallest absolute Gasteiger partial charge is 0.404 e. The van der Waals surface area contributed by atoms with Gasteiger partial charge in [0.2, 0.25) is 0 Å². The van der Waals surface area contributed by atoms with E-state index in [-0.39, 0.29) is 68.8 Å². The molecule has 250 valence electrons. The average molecular weight is 655 g/mol. The number of carboxylic acids is 1. The zero-order chi connectivity index (χ0) is 33.4. The number of carboxylic acid groups (broad SMARTS) is 1. The van der Waals surface area contributed by atoms with Gasteiger partial charge in [-0.3, -0.25) is 0 Å². The molecule has 0 spiro atoms. The van der Waals surface area contributed by atoms with Gasteiger partial charge in [0, 0.05) is 25.3 Å². The number of anilines is 1. The number of aromatic carboxylic acids is 1. The maximum atomic E-state index is 15.4. The van der Waals surface area contributed by atoms with E-state index in [0.29, 0.717) is 18.8 Å². The van der Waals surface area contributed by atoms with E-state index in [1.807, 2.05) is 4.90 Å². The first-order chi connectivity index (χ1) is 21.9. The van der Waals surface area contributed by atoms with E-state index in [2.05, 4.69) is 27.4 Å². The molecule has 1 saturated heterocycles. The number of nitrogens with one attached hydrogen (secondary N) is 1. The van der Waals surface area contributed by atoms with E-state index in [4.69, 9.17) is 20.3 Å². The summed E-state index contributed by atoms with van der Waals surface area (Å²) in [5.74, 6) is 3.08. The predicted octanol–water partition coefficient (Wildman–Crippen LogP) is 2.36. The third-order valence-corrected chi connectivity index (χ3v) is 7.31. The lowest BCUT2D eigenvalue weighted by Crippen LogP contribution is -2.53. The molecule has 14 nitrogen and oxygen atoms in total. The highest BCUT2D eigenvalue weighted by Crippen LogP contribution is 2.30. The van der Waals surface area contributed by atoms with Gasteiger partial charge in [-0.05, 0) is 42.4 Å². The number of hydrogen-bond donors (Lipinski definition) is 3. The van der Waals surface area contributed by atoms with Crippen LogP contribution in [0, 0.1) is 27.9 Å². The van der Waals surface area contributed by atoms with Gasteiger partial charge in [0.1, 0.15) is 17.7 Å². The summed E-state index contributed by atoms with van der Waals surface area (Å²) in [5, 5.41) is 31.2. The van der Waals surface area contributed by atoms with Gasteiger partial charge in [-0.2, -0.15) is 23.0 Å². The molecule has 3 atom stereocenters. The van der Waals surface area contributed by atoms with Crippen LogP contribution in [0.3, 0.4) is 0 Å². The largest absolute Gasteiger partial charge is 0.477 e. The van der Waals surface area contributed by atoms with Crippen molar-refractivity contribution in [2.45, 2.75) is 37.8 Å². The minimum absolute atomic E-state index is 0.0414. The molecule has 1 aliphatic heterocycles. The Labute approximate surface area is 260 Å². The van der Waals surface area contributed by atoms with Crippen molar-refractivity contribution in [1.82, 2.24) is 24.3 Å². The topological polar surface area (TPSA) is 175 Å². The fraction of sp³-hybridized carbons (Fsp3) is 0.536. The second-order valence-electron chi connectivity index (χ2n) is 10.7.